The number of nitrogens with zero attached hydrogens (tertiary/aromatic N) is 2. The molecule has 0 unspecified atom stereocenters. The number of fused-ring (bicyclic) bond motifs is 1. The van der Waals surface area contributed by atoms with Gasteiger partial charge in [-0.15, -0.1) is 0 Å². The Bertz CT molecular complexity index is 638. The molecule has 1 fully saturated rings. The van der Waals surface area contributed by atoms with Gasteiger partial charge in [0, 0.05) is 50.3 Å². The summed E-state index contributed by atoms with van der Waals surface area (Å²) in [6, 6.07) is 6.41. The van der Waals surface area contributed by atoms with E-state index in [4.69, 9.17) is 0 Å². The first-order valence-electron chi connectivity index (χ1n) is 7.28. The Morgan fingerprint density at radius 2 is 2.05 bits per heavy atom. The summed E-state index contributed by atoms with van der Waals surface area (Å²) in [6.45, 7) is 5.50. The number of carbonyl (C=O) groups is 1. The third-order valence-corrected chi connectivity index (χ3v) is 4.10. The molecule has 0 radical (unpaired) electrons. The third kappa shape index (κ3) is 2.20. The topological polar surface area (TPSA) is 37.3 Å². The molecule has 1 N–H and O–H groups in total. The van der Waals surface area contributed by atoms with Crippen LogP contribution in [0, 0.1) is 0 Å². The lowest BCUT2D eigenvalue weighted by atomic mass is 10.1. The highest BCUT2D eigenvalue weighted by atomic mass is 16.2. The zero-order chi connectivity index (χ0) is 14.1. The fourth-order valence-corrected chi connectivity index (χ4v) is 2.87. The van der Waals surface area contributed by atoms with Crippen molar-refractivity contribution in [2.24, 2.45) is 7.05 Å². The van der Waals surface area contributed by atoms with E-state index in [9.17, 15) is 4.79 Å². The summed E-state index contributed by atoms with van der Waals surface area (Å²) in [5.41, 5.74) is 3.23. The van der Waals surface area contributed by atoms with Crippen LogP contribution in [0.4, 0.5) is 0 Å². The van der Waals surface area contributed by atoms with Crippen molar-refractivity contribution >= 4 is 16.8 Å². The second kappa shape index (κ2) is 5.29. The van der Waals surface area contributed by atoms with Crippen molar-refractivity contribution in [1.29, 1.82) is 0 Å². The number of amides is 1. The first kappa shape index (κ1) is 13.2. The maximum atomic E-state index is 12.7. The van der Waals surface area contributed by atoms with E-state index < -0.39 is 0 Å². The minimum atomic E-state index is 0.158. The van der Waals surface area contributed by atoms with E-state index in [0.29, 0.717) is 0 Å². The predicted octanol–water partition coefficient (Wildman–Crippen LogP) is 1.79. The van der Waals surface area contributed by atoms with Gasteiger partial charge in [-0.3, -0.25) is 4.79 Å². The van der Waals surface area contributed by atoms with E-state index in [1.165, 1.54) is 5.56 Å². The number of hydrogen-bond acceptors (Lipinski definition) is 2. The summed E-state index contributed by atoms with van der Waals surface area (Å²) in [7, 11) is 2.00. The van der Waals surface area contributed by atoms with Crippen LogP contribution >= 0.6 is 0 Å². The molecule has 0 aliphatic carbocycles. The number of carbonyl (C=O) groups excluding carboxylic acids is 1. The van der Waals surface area contributed by atoms with Gasteiger partial charge in [0.05, 0.1) is 5.56 Å². The molecule has 1 aromatic heterocycles. The van der Waals surface area contributed by atoms with Crippen LogP contribution in [0.25, 0.3) is 10.9 Å². The van der Waals surface area contributed by atoms with Crippen LogP contribution in [0.5, 0.6) is 0 Å². The average Bonchev–Trinajstić information content (AvgIpc) is 2.84. The molecule has 4 heteroatoms. The molecule has 1 aliphatic heterocycles. The molecule has 4 nitrogen and oxygen atoms in total. The minimum Gasteiger partial charge on any atom is -0.350 e. The lowest BCUT2D eigenvalue weighted by Crippen LogP contribution is -2.46. The molecule has 0 atom stereocenters. The van der Waals surface area contributed by atoms with Crippen molar-refractivity contribution in [3.8, 4) is 0 Å². The van der Waals surface area contributed by atoms with Gasteiger partial charge >= 0.3 is 0 Å². The fourth-order valence-electron chi connectivity index (χ4n) is 2.87. The number of nitrogens with one attached hydrogen (secondary N) is 1. The monoisotopic (exact) mass is 271 g/mol. The van der Waals surface area contributed by atoms with Gasteiger partial charge in [-0.2, -0.15) is 0 Å². The fraction of sp³-hybridized carbons (Fsp3) is 0.438. The molecule has 3 rings (SSSR count). The molecule has 1 aliphatic rings. The average molecular weight is 271 g/mol. The van der Waals surface area contributed by atoms with E-state index in [0.717, 1.165) is 49.1 Å². The number of hydrogen-bond donors (Lipinski definition) is 1. The summed E-state index contributed by atoms with van der Waals surface area (Å²) in [4.78, 5) is 14.7. The molecular formula is C16H21N3O. The molecule has 2 heterocycles. The van der Waals surface area contributed by atoms with Crippen molar-refractivity contribution in [3.05, 3.63) is 35.5 Å². The van der Waals surface area contributed by atoms with Gasteiger partial charge in [0.15, 0.2) is 0 Å². The molecule has 1 amide bonds. The summed E-state index contributed by atoms with van der Waals surface area (Å²) in [5.74, 6) is 0.158. The standard InChI is InChI=1S/C16H21N3O/c1-3-12-4-5-15-13(10-12)14(11-18(15)2)16(20)19-8-6-17-7-9-19/h4-5,10-11,17H,3,6-9H2,1-2H3. The van der Waals surface area contributed by atoms with Gasteiger partial charge in [0.1, 0.15) is 0 Å². The Kier molecular flexibility index (Phi) is 3.49. The zero-order valence-corrected chi connectivity index (χ0v) is 12.1. The Balaban J connectivity index is 2.03. The van der Waals surface area contributed by atoms with Crippen molar-refractivity contribution in [2.45, 2.75) is 13.3 Å². The minimum absolute atomic E-state index is 0.158. The highest BCUT2D eigenvalue weighted by Gasteiger charge is 2.21. The van der Waals surface area contributed by atoms with E-state index in [1.54, 1.807) is 0 Å². The molecule has 0 saturated carbocycles. The van der Waals surface area contributed by atoms with E-state index >= 15 is 0 Å². The number of aromatic nitrogens is 1. The second-order valence-electron chi connectivity index (χ2n) is 5.40. The van der Waals surface area contributed by atoms with Gasteiger partial charge in [-0.1, -0.05) is 13.0 Å². The van der Waals surface area contributed by atoms with Gasteiger partial charge < -0.3 is 14.8 Å². The van der Waals surface area contributed by atoms with E-state index in [-0.39, 0.29) is 5.91 Å². The Morgan fingerprint density at radius 3 is 2.75 bits per heavy atom. The number of piperazine rings is 1. The first-order valence-corrected chi connectivity index (χ1v) is 7.28. The maximum absolute atomic E-state index is 12.7. The quantitative estimate of drug-likeness (QED) is 0.904. The Hall–Kier alpha value is -1.81. The van der Waals surface area contributed by atoms with Crippen LogP contribution in [0.1, 0.15) is 22.8 Å². The third-order valence-electron chi connectivity index (χ3n) is 4.10. The van der Waals surface area contributed by atoms with Gasteiger partial charge in [0.2, 0.25) is 0 Å². The van der Waals surface area contributed by atoms with Gasteiger partial charge in [0.25, 0.3) is 5.91 Å². The number of rotatable bonds is 2. The van der Waals surface area contributed by atoms with Crippen LogP contribution in [0.2, 0.25) is 0 Å². The smallest absolute Gasteiger partial charge is 0.256 e. The van der Waals surface area contributed by atoms with Crippen molar-refractivity contribution in [3.63, 3.8) is 0 Å². The number of benzene rings is 1. The Morgan fingerprint density at radius 1 is 1.30 bits per heavy atom. The van der Waals surface area contributed by atoms with Crippen molar-refractivity contribution in [2.75, 3.05) is 26.2 Å². The summed E-state index contributed by atoms with van der Waals surface area (Å²) in [6.07, 6.45) is 2.96. The Labute approximate surface area is 119 Å². The molecule has 106 valence electrons. The lowest BCUT2D eigenvalue weighted by molar-refractivity contribution is 0.0737. The highest BCUT2D eigenvalue weighted by Crippen LogP contribution is 2.24. The largest absolute Gasteiger partial charge is 0.350 e. The van der Waals surface area contributed by atoms with Crippen LogP contribution in [0.3, 0.4) is 0 Å². The normalized spacial score (nSPS) is 15.8. The van der Waals surface area contributed by atoms with Crippen LogP contribution < -0.4 is 5.32 Å². The molecule has 20 heavy (non-hydrogen) atoms. The van der Waals surface area contributed by atoms with Crippen LogP contribution in [-0.4, -0.2) is 41.6 Å². The van der Waals surface area contributed by atoms with Crippen molar-refractivity contribution < 1.29 is 4.79 Å². The summed E-state index contributed by atoms with van der Waals surface area (Å²) >= 11 is 0. The van der Waals surface area contributed by atoms with Gasteiger partial charge in [-0.05, 0) is 24.1 Å². The SMILES string of the molecule is CCc1ccc2c(c1)c(C(=O)N1CCNCC1)cn2C. The van der Waals surface area contributed by atoms with Crippen LogP contribution in [0.15, 0.2) is 24.4 Å². The molecule has 1 saturated heterocycles. The second-order valence-corrected chi connectivity index (χ2v) is 5.40. The van der Waals surface area contributed by atoms with Gasteiger partial charge in [-0.25, -0.2) is 0 Å². The zero-order valence-electron chi connectivity index (χ0n) is 12.1. The van der Waals surface area contributed by atoms with E-state index in [1.807, 2.05) is 22.7 Å². The molecule has 1 aromatic carbocycles. The summed E-state index contributed by atoms with van der Waals surface area (Å²) < 4.78 is 2.05. The molecule has 0 spiro atoms. The highest BCUT2D eigenvalue weighted by molar-refractivity contribution is 6.07. The molecule has 2 aromatic rings. The van der Waals surface area contributed by atoms with Crippen LogP contribution in [-0.2, 0) is 13.5 Å². The number of aryl methyl sites for hydroxylation is 2. The van der Waals surface area contributed by atoms with Crippen molar-refractivity contribution in [1.82, 2.24) is 14.8 Å². The first-order chi connectivity index (χ1) is 9.70. The van der Waals surface area contributed by atoms with E-state index in [2.05, 4.69) is 30.4 Å². The maximum Gasteiger partial charge on any atom is 0.256 e. The lowest BCUT2D eigenvalue weighted by Gasteiger charge is -2.27. The predicted molar refractivity (Wildman–Crippen MR) is 81.1 cm³/mol. The molecular weight excluding hydrogens is 250 g/mol. The molecule has 0 bridgehead atoms. The summed E-state index contributed by atoms with van der Waals surface area (Å²) in [5, 5.41) is 4.36.